The van der Waals surface area contributed by atoms with E-state index < -0.39 is 0 Å². The summed E-state index contributed by atoms with van der Waals surface area (Å²) in [7, 11) is 0. The minimum atomic E-state index is 0.276. The van der Waals surface area contributed by atoms with E-state index in [9.17, 15) is 0 Å². The zero-order valence-electron chi connectivity index (χ0n) is 11.8. The van der Waals surface area contributed by atoms with Crippen molar-refractivity contribution in [1.29, 1.82) is 0 Å². The van der Waals surface area contributed by atoms with E-state index in [1.807, 2.05) is 11.8 Å². The fourth-order valence-electron chi connectivity index (χ4n) is 1.73. The number of hydrogen-bond donors (Lipinski definition) is 3. The zero-order chi connectivity index (χ0) is 13.9. The molecule has 6 heteroatoms. The van der Waals surface area contributed by atoms with Crippen molar-refractivity contribution >= 4 is 23.4 Å². The van der Waals surface area contributed by atoms with Gasteiger partial charge in [0.25, 0.3) is 0 Å². The number of nitrogens with zero attached hydrogens (tertiary/aromatic N) is 2. The summed E-state index contributed by atoms with van der Waals surface area (Å²) in [5.74, 6) is 3.88. The Kier molecular flexibility index (Phi) is 8.33. The van der Waals surface area contributed by atoms with Crippen LogP contribution in [0.15, 0.2) is 6.33 Å². The van der Waals surface area contributed by atoms with Crippen LogP contribution in [0.25, 0.3) is 0 Å². The maximum absolute atomic E-state index is 8.70. The molecule has 0 bridgehead atoms. The van der Waals surface area contributed by atoms with Gasteiger partial charge in [-0.1, -0.05) is 6.92 Å². The molecule has 1 heterocycles. The summed E-state index contributed by atoms with van der Waals surface area (Å²) in [5, 5.41) is 15.3. The quantitative estimate of drug-likeness (QED) is 0.571. The molecule has 3 N–H and O–H groups in total. The molecule has 1 aromatic rings. The fraction of sp³-hybridized carbons (Fsp3) is 0.692. The molecule has 0 radical (unpaired) electrons. The molecule has 0 saturated heterocycles. The smallest absolute Gasteiger partial charge is 0.134 e. The summed E-state index contributed by atoms with van der Waals surface area (Å²) in [5.41, 5.74) is 1.14. The standard InChI is InChI=1S/C13H24N4OS/c1-3-11-12(14-4-2)16-10-17-13(11)15-6-9-19-8-5-7-18/h10,18H,3-9H2,1-2H3,(H2,14,15,16,17). The second-order valence-corrected chi connectivity index (χ2v) is 5.27. The minimum Gasteiger partial charge on any atom is -0.396 e. The normalized spacial score (nSPS) is 10.5. The van der Waals surface area contributed by atoms with Crippen LogP contribution in [-0.2, 0) is 6.42 Å². The first kappa shape index (κ1) is 16.0. The lowest BCUT2D eigenvalue weighted by molar-refractivity contribution is 0.296. The van der Waals surface area contributed by atoms with Crippen molar-refractivity contribution in [3.8, 4) is 0 Å². The second-order valence-electron chi connectivity index (χ2n) is 4.05. The first-order valence-corrected chi connectivity index (χ1v) is 7.99. The molecule has 108 valence electrons. The highest BCUT2D eigenvalue weighted by atomic mass is 32.2. The van der Waals surface area contributed by atoms with Gasteiger partial charge in [-0.2, -0.15) is 11.8 Å². The van der Waals surface area contributed by atoms with E-state index in [0.717, 1.165) is 54.6 Å². The van der Waals surface area contributed by atoms with Gasteiger partial charge in [-0.25, -0.2) is 9.97 Å². The van der Waals surface area contributed by atoms with Gasteiger partial charge in [-0.05, 0) is 25.5 Å². The van der Waals surface area contributed by atoms with Crippen LogP contribution in [0.3, 0.4) is 0 Å². The molecular formula is C13H24N4OS. The van der Waals surface area contributed by atoms with Crippen molar-refractivity contribution < 1.29 is 5.11 Å². The van der Waals surface area contributed by atoms with Crippen molar-refractivity contribution in [3.63, 3.8) is 0 Å². The molecule has 0 aliphatic heterocycles. The number of aliphatic hydroxyl groups is 1. The summed E-state index contributed by atoms with van der Waals surface area (Å²) in [6.45, 7) is 6.19. The van der Waals surface area contributed by atoms with E-state index in [-0.39, 0.29) is 6.61 Å². The van der Waals surface area contributed by atoms with Crippen molar-refractivity contribution in [2.45, 2.75) is 26.7 Å². The van der Waals surface area contributed by atoms with Crippen LogP contribution in [0.1, 0.15) is 25.8 Å². The lowest BCUT2D eigenvalue weighted by atomic mass is 10.2. The Morgan fingerprint density at radius 2 is 1.89 bits per heavy atom. The molecule has 0 saturated carbocycles. The second kappa shape index (κ2) is 9.86. The molecular weight excluding hydrogens is 260 g/mol. The highest BCUT2D eigenvalue weighted by Gasteiger charge is 2.08. The van der Waals surface area contributed by atoms with Crippen LogP contribution in [-0.4, -0.2) is 46.3 Å². The predicted molar refractivity (Wildman–Crippen MR) is 83.1 cm³/mol. The SMILES string of the molecule is CCNc1ncnc(NCCSCCCO)c1CC. The summed E-state index contributed by atoms with van der Waals surface area (Å²) in [6, 6.07) is 0. The van der Waals surface area contributed by atoms with Crippen LogP contribution in [0.4, 0.5) is 11.6 Å². The molecule has 0 unspecified atom stereocenters. The number of thioether (sulfide) groups is 1. The van der Waals surface area contributed by atoms with E-state index in [1.54, 1.807) is 6.33 Å². The molecule has 0 aliphatic rings. The number of rotatable bonds is 10. The van der Waals surface area contributed by atoms with E-state index in [2.05, 4.69) is 34.4 Å². The van der Waals surface area contributed by atoms with Gasteiger partial charge in [0, 0.05) is 31.0 Å². The van der Waals surface area contributed by atoms with E-state index in [0.29, 0.717) is 0 Å². The molecule has 0 fully saturated rings. The topological polar surface area (TPSA) is 70.1 Å². The zero-order valence-corrected chi connectivity index (χ0v) is 12.6. The first-order chi connectivity index (χ1) is 9.33. The average molecular weight is 284 g/mol. The van der Waals surface area contributed by atoms with E-state index in [1.165, 1.54) is 0 Å². The number of hydrogen-bond acceptors (Lipinski definition) is 6. The van der Waals surface area contributed by atoms with Crippen LogP contribution in [0, 0.1) is 0 Å². The molecule has 19 heavy (non-hydrogen) atoms. The summed E-state index contributed by atoms with van der Waals surface area (Å²) in [4.78, 5) is 8.59. The van der Waals surface area contributed by atoms with Gasteiger partial charge in [0.15, 0.2) is 0 Å². The third-order valence-corrected chi connectivity index (χ3v) is 3.70. The Morgan fingerprint density at radius 1 is 1.16 bits per heavy atom. The first-order valence-electron chi connectivity index (χ1n) is 6.83. The summed E-state index contributed by atoms with van der Waals surface area (Å²) in [6.07, 6.45) is 3.37. The Bertz CT molecular complexity index is 362. The molecule has 1 rings (SSSR count). The lowest BCUT2D eigenvalue weighted by Crippen LogP contribution is -2.12. The average Bonchev–Trinajstić information content (AvgIpc) is 2.43. The molecule has 0 aromatic carbocycles. The fourth-order valence-corrected chi connectivity index (χ4v) is 2.51. The highest BCUT2D eigenvalue weighted by molar-refractivity contribution is 7.99. The van der Waals surface area contributed by atoms with Crippen LogP contribution < -0.4 is 10.6 Å². The van der Waals surface area contributed by atoms with Crippen molar-refractivity contribution in [1.82, 2.24) is 9.97 Å². The van der Waals surface area contributed by atoms with Crippen molar-refractivity contribution in [2.24, 2.45) is 0 Å². The van der Waals surface area contributed by atoms with Crippen LogP contribution in [0.2, 0.25) is 0 Å². The molecule has 0 spiro atoms. The predicted octanol–water partition coefficient (Wildman–Crippen LogP) is 2.00. The third kappa shape index (κ3) is 5.65. The molecule has 0 aliphatic carbocycles. The summed E-state index contributed by atoms with van der Waals surface area (Å²) < 4.78 is 0. The van der Waals surface area contributed by atoms with Crippen LogP contribution in [0.5, 0.6) is 0 Å². The van der Waals surface area contributed by atoms with Gasteiger partial charge < -0.3 is 15.7 Å². The summed E-state index contributed by atoms with van der Waals surface area (Å²) >= 11 is 1.84. The van der Waals surface area contributed by atoms with Gasteiger partial charge in [0.1, 0.15) is 18.0 Å². The monoisotopic (exact) mass is 284 g/mol. The van der Waals surface area contributed by atoms with Gasteiger partial charge in [0.05, 0.1) is 0 Å². The molecule has 1 aromatic heterocycles. The Hall–Kier alpha value is -1.01. The van der Waals surface area contributed by atoms with E-state index >= 15 is 0 Å². The van der Waals surface area contributed by atoms with E-state index in [4.69, 9.17) is 5.11 Å². The number of nitrogens with one attached hydrogen (secondary N) is 2. The number of aliphatic hydroxyl groups excluding tert-OH is 1. The largest absolute Gasteiger partial charge is 0.396 e. The van der Waals surface area contributed by atoms with Gasteiger partial charge in [0.2, 0.25) is 0 Å². The number of anilines is 2. The lowest BCUT2D eigenvalue weighted by Gasteiger charge is -2.13. The Morgan fingerprint density at radius 3 is 2.53 bits per heavy atom. The minimum absolute atomic E-state index is 0.276. The van der Waals surface area contributed by atoms with Crippen LogP contribution >= 0.6 is 11.8 Å². The molecule has 0 amide bonds. The van der Waals surface area contributed by atoms with Crippen molar-refractivity contribution in [2.75, 3.05) is 41.8 Å². The molecule has 5 nitrogen and oxygen atoms in total. The Labute approximate surface area is 119 Å². The number of aromatic nitrogens is 2. The van der Waals surface area contributed by atoms with Crippen molar-refractivity contribution in [3.05, 3.63) is 11.9 Å². The van der Waals surface area contributed by atoms with Gasteiger partial charge in [-0.15, -0.1) is 0 Å². The molecule has 0 atom stereocenters. The Balaban J connectivity index is 2.46. The van der Waals surface area contributed by atoms with Gasteiger partial charge in [-0.3, -0.25) is 0 Å². The third-order valence-electron chi connectivity index (χ3n) is 2.63. The maximum atomic E-state index is 8.70. The highest BCUT2D eigenvalue weighted by Crippen LogP contribution is 2.20. The van der Waals surface area contributed by atoms with Gasteiger partial charge >= 0.3 is 0 Å². The maximum Gasteiger partial charge on any atom is 0.134 e.